The highest BCUT2D eigenvalue weighted by atomic mass is 32.2. The summed E-state index contributed by atoms with van der Waals surface area (Å²) in [5, 5.41) is 8.79. The number of allylic oxidation sites excluding steroid dienone is 1. The summed E-state index contributed by atoms with van der Waals surface area (Å²) in [6, 6.07) is 15.8. The van der Waals surface area contributed by atoms with Crippen molar-refractivity contribution < 1.29 is 13.5 Å². The van der Waals surface area contributed by atoms with Crippen LogP contribution in [0.1, 0.15) is 48.8 Å². The summed E-state index contributed by atoms with van der Waals surface area (Å²) in [7, 11) is -3.25. The van der Waals surface area contributed by atoms with Gasteiger partial charge in [-0.2, -0.15) is 0 Å². The van der Waals surface area contributed by atoms with Gasteiger partial charge in [-0.25, -0.2) is 8.42 Å². The Balaban J connectivity index is 1.76. The minimum absolute atomic E-state index is 0.118. The summed E-state index contributed by atoms with van der Waals surface area (Å²) in [4.78, 5) is 0.389. The second-order valence-electron chi connectivity index (χ2n) is 6.85. The molecule has 1 N–H and O–H groups in total. The first kappa shape index (κ1) is 18.9. The molecule has 0 saturated carbocycles. The van der Waals surface area contributed by atoms with Crippen LogP contribution in [-0.4, -0.2) is 25.9 Å². The third kappa shape index (κ3) is 4.63. The molecular weight excluding hydrogens is 344 g/mol. The van der Waals surface area contributed by atoms with Crippen LogP contribution in [0, 0.1) is 0 Å². The number of rotatable bonds is 7. The minimum atomic E-state index is -3.25. The number of sulfone groups is 1. The van der Waals surface area contributed by atoms with Crippen molar-refractivity contribution in [3.8, 4) is 0 Å². The van der Waals surface area contributed by atoms with E-state index in [9.17, 15) is 8.42 Å². The van der Waals surface area contributed by atoms with Gasteiger partial charge in [-0.1, -0.05) is 48.9 Å². The van der Waals surface area contributed by atoms with Crippen LogP contribution < -0.4 is 0 Å². The average molecular weight is 371 g/mol. The van der Waals surface area contributed by atoms with E-state index in [0.717, 1.165) is 31.2 Å². The number of unbranched alkanes of at least 4 members (excludes halogenated alkanes) is 2. The Bertz CT molecular complexity index is 865. The lowest BCUT2D eigenvalue weighted by molar-refractivity contribution is 0.284. The van der Waals surface area contributed by atoms with Crippen molar-refractivity contribution in [2.24, 2.45) is 0 Å². The third-order valence-corrected chi connectivity index (χ3v) is 6.75. The van der Waals surface area contributed by atoms with Crippen LogP contribution in [-0.2, 0) is 16.3 Å². The van der Waals surface area contributed by atoms with Crippen LogP contribution in [0.3, 0.4) is 0 Å². The lowest BCUT2D eigenvalue weighted by Crippen LogP contribution is -2.07. The maximum absolute atomic E-state index is 12.4. The Morgan fingerprint density at radius 3 is 2.42 bits per heavy atom. The number of aliphatic hydroxyl groups excluding tert-OH is 1. The largest absolute Gasteiger partial charge is 0.396 e. The van der Waals surface area contributed by atoms with E-state index in [1.54, 1.807) is 12.1 Å². The van der Waals surface area contributed by atoms with E-state index in [4.69, 9.17) is 5.11 Å². The monoisotopic (exact) mass is 370 g/mol. The molecule has 0 radical (unpaired) electrons. The van der Waals surface area contributed by atoms with E-state index in [-0.39, 0.29) is 12.4 Å². The highest BCUT2D eigenvalue weighted by Crippen LogP contribution is 2.30. The molecule has 0 spiro atoms. The fourth-order valence-corrected chi connectivity index (χ4v) is 4.80. The van der Waals surface area contributed by atoms with Crippen molar-refractivity contribution in [2.45, 2.75) is 43.4 Å². The average Bonchev–Trinajstić information content (AvgIpc) is 2.88. The predicted molar refractivity (Wildman–Crippen MR) is 107 cm³/mol. The van der Waals surface area contributed by atoms with Crippen molar-refractivity contribution in [3.05, 3.63) is 65.2 Å². The van der Waals surface area contributed by atoms with Gasteiger partial charge in [-0.3, -0.25) is 0 Å². The Morgan fingerprint density at radius 2 is 1.65 bits per heavy atom. The lowest BCUT2D eigenvalue weighted by atomic mass is 10.0. The molecule has 0 heterocycles. The molecule has 1 aliphatic rings. The SMILES string of the molecule is O=S(=O)(CCCCCO)c1ccc(C2=Cc3ccccc3CCC2)cc1. The first-order chi connectivity index (χ1) is 12.6. The maximum Gasteiger partial charge on any atom is 0.178 e. The summed E-state index contributed by atoms with van der Waals surface area (Å²) in [6.45, 7) is 0.118. The smallest absolute Gasteiger partial charge is 0.178 e. The topological polar surface area (TPSA) is 54.4 Å². The summed E-state index contributed by atoms with van der Waals surface area (Å²) in [5.74, 6) is 0.141. The van der Waals surface area contributed by atoms with Gasteiger partial charge in [0.25, 0.3) is 0 Å². The van der Waals surface area contributed by atoms with Gasteiger partial charge in [0.1, 0.15) is 0 Å². The van der Waals surface area contributed by atoms with Gasteiger partial charge in [-0.15, -0.1) is 0 Å². The molecule has 0 amide bonds. The number of hydrogen-bond donors (Lipinski definition) is 1. The van der Waals surface area contributed by atoms with E-state index < -0.39 is 9.84 Å². The molecule has 0 aliphatic heterocycles. The molecule has 138 valence electrons. The number of fused-ring (bicyclic) bond motifs is 1. The van der Waals surface area contributed by atoms with Gasteiger partial charge >= 0.3 is 0 Å². The van der Waals surface area contributed by atoms with E-state index in [1.165, 1.54) is 16.7 Å². The summed E-state index contributed by atoms with van der Waals surface area (Å²) in [6.07, 6.45) is 7.41. The van der Waals surface area contributed by atoms with Crippen LogP contribution in [0.4, 0.5) is 0 Å². The fourth-order valence-electron chi connectivity index (χ4n) is 3.43. The normalized spacial score (nSPS) is 14.4. The van der Waals surface area contributed by atoms with Gasteiger partial charge in [0.2, 0.25) is 0 Å². The van der Waals surface area contributed by atoms with Crippen LogP contribution in [0.25, 0.3) is 11.6 Å². The molecule has 2 aromatic rings. The molecule has 0 fully saturated rings. The molecule has 0 saturated heterocycles. The molecule has 0 aromatic heterocycles. The molecule has 0 unspecified atom stereocenters. The van der Waals surface area contributed by atoms with Crippen molar-refractivity contribution in [3.63, 3.8) is 0 Å². The number of aryl methyl sites for hydroxylation is 1. The zero-order valence-corrected chi connectivity index (χ0v) is 15.8. The highest BCUT2D eigenvalue weighted by Gasteiger charge is 2.15. The summed E-state index contributed by atoms with van der Waals surface area (Å²) >= 11 is 0. The molecule has 2 aromatic carbocycles. The molecule has 1 aliphatic carbocycles. The zero-order valence-electron chi connectivity index (χ0n) is 15.0. The Labute approximate surface area is 156 Å². The molecule has 0 atom stereocenters. The quantitative estimate of drug-likeness (QED) is 0.730. The Kier molecular flexibility index (Phi) is 6.28. The number of aliphatic hydroxyl groups is 1. The standard InChI is InChI=1S/C22H26O3S/c23-15-4-1-5-16-26(24,25)22-13-11-19(12-14-22)21-10-6-9-18-7-2-3-8-20(18)17-21/h2-3,7-8,11-14,17,23H,1,4-6,9-10,15-16H2. The summed E-state index contributed by atoms with van der Waals surface area (Å²) in [5.41, 5.74) is 5.01. The van der Waals surface area contributed by atoms with Gasteiger partial charge in [-0.05, 0) is 66.5 Å². The molecule has 3 rings (SSSR count). The van der Waals surface area contributed by atoms with Crippen LogP contribution in [0.2, 0.25) is 0 Å². The van der Waals surface area contributed by atoms with E-state index in [1.807, 2.05) is 12.1 Å². The lowest BCUT2D eigenvalue weighted by Gasteiger charge is -2.08. The minimum Gasteiger partial charge on any atom is -0.396 e. The maximum atomic E-state index is 12.4. The predicted octanol–water partition coefficient (Wildman–Crippen LogP) is 4.50. The van der Waals surface area contributed by atoms with Gasteiger partial charge < -0.3 is 5.11 Å². The number of hydrogen-bond acceptors (Lipinski definition) is 3. The number of benzene rings is 2. The second-order valence-corrected chi connectivity index (χ2v) is 8.96. The molecular formula is C22H26O3S. The van der Waals surface area contributed by atoms with Crippen molar-refractivity contribution in [1.29, 1.82) is 0 Å². The Morgan fingerprint density at radius 1 is 0.885 bits per heavy atom. The molecule has 0 bridgehead atoms. The molecule has 4 heteroatoms. The van der Waals surface area contributed by atoms with Crippen LogP contribution in [0.5, 0.6) is 0 Å². The first-order valence-electron chi connectivity index (χ1n) is 9.33. The van der Waals surface area contributed by atoms with Crippen molar-refractivity contribution >= 4 is 21.5 Å². The van der Waals surface area contributed by atoms with E-state index >= 15 is 0 Å². The van der Waals surface area contributed by atoms with Crippen LogP contribution >= 0.6 is 0 Å². The second kappa shape index (κ2) is 8.65. The first-order valence-corrected chi connectivity index (χ1v) is 11.0. The molecule has 3 nitrogen and oxygen atoms in total. The molecule has 26 heavy (non-hydrogen) atoms. The fraction of sp³-hybridized carbons (Fsp3) is 0.364. The van der Waals surface area contributed by atoms with Gasteiger partial charge in [0.15, 0.2) is 9.84 Å². The van der Waals surface area contributed by atoms with Crippen molar-refractivity contribution in [1.82, 2.24) is 0 Å². The Hall–Kier alpha value is -1.91. The third-order valence-electron chi connectivity index (χ3n) is 4.93. The zero-order chi connectivity index (χ0) is 18.4. The van der Waals surface area contributed by atoms with Crippen molar-refractivity contribution in [2.75, 3.05) is 12.4 Å². The van der Waals surface area contributed by atoms with E-state index in [2.05, 4.69) is 30.3 Å². The van der Waals surface area contributed by atoms with E-state index in [0.29, 0.717) is 17.7 Å². The van der Waals surface area contributed by atoms with Gasteiger partial charge in [0, 0.05) is 6.61 Å². The van der Waals surface area contributed by atoms with Gasteiger partial charge in [0.05, 0.1) is 10.6 Å². The van der Waals surface area contributed by atoms with Crippen LogP contribution in [0.15, 0.2) is 53.4 Å². The highest BCUT2D eigenvalue weighted by molar-refractivity contribution is 7.91. The summed E-state index contributed by atoms with van der Waals surface area (Å²) < 4.78 is 24.8.